The Bertz CT molecular complexity index is 465. The zero-order valence-electron chi connectivity index (χ0n) is 13.5. The number of carbonyl (C=O) groups excluding carboxylic acids is 2. The topological polar surface area (TPSA) is 86.2 Å². The van der Waals surface area contributed by atoms with Crippen molar-refractivity contribution in [2.45, 2.75) is 38.2 Å². The van der Waals surface area contributed by atoms with E-state index in [0.717, 1.165) is 25.7 Å². The van der Waals surface area contributed by atoms with Crippen LogP contribution in [0, 0.1) is 5.92 Å². The molecule has 0 fully saturated rings. The highest BCUT2D eigenvalue weighted by Crippen LogP contribution is 2.19. The molecule has 0 spiro atoms. The normalized spacial score (nSPS) is 21.3. The molecule has 0 aromatic rings. The molecule has 0 aromatic heterocycles. The third-order valence-corrected chi connectivity index (χ3v) is 3.92. The van der Waals surface area contributed by atoms with Crippen LogP contribution in [0.1, 0.15) is 32.1 Å². The molecular formula is C16H24N2O5. The van der Waals surface area contributed by atoms with Gasteiger partial charge in [0.25, 0.3) is 5.91 Å². The maximum Gasteiger partial charge on any atom is 0.325 e. The maximum absolute atomic E-state index is 11.8. The summed E-state index contributed by atoms with van der Waals surface area (Å²) in [4.78, 5) is 28.0. The zero-order chi connectivity index (χ0) is 16.5. The average Bonchev–Trinajstić information content (AvgIpc) is 2.88. The second-order valence-electron chi connectivity index (χ2n) is 5.76. The molecule has 7 nitrogen and oxygen atoms in total. The van der Waals surface area contributed by atoms with Gasteiger partial charge in [-0.1, -0.05) is 17.3 Å². The minimum atomic E-state index is -0.504. The first-order valence-electron chi connectivity index (χ1n) is 7.99. The van der Waals surface area contributed by atoms with E-state index in [0.29, 0.717) is 25.6 Å². The molecule has 1 aliphatic heterocycles. The molecule has 1 amide bonds. The van der Waals surface area contributed by atoms with Crippen molar-refractivity contribution in [3.8, 4) is 0 Å². The Labute approximate surface area is 136 Å². The summed E-state index contributed by atoms with van der Waals surface area (Å²) in [5.41, 5.74) is 0.279. The Balaban J connectivity index is 1.60. The van der Waals surface area contributed by atoms with Crippen LogP contribution in [0.3, 0.4) is 0 Å². The molecule has 1 N–H and O–H groups in total. The number of nitrogens with one attached hydrogen (secondary N) is 1. The molecule has 2 aliphatic rings. The first kappa shape index (κ1) is 17.5. The van der Waals surface area contributed by atoms with E-state index in [1.807, 2.05) is 0 Å². The van der Waals surface area contributed by atoms with Crippen molar-refractivity contribution in [2.24, 2.45) is 11.1 Å². The van der Waals surface area contributed by atoms with Crippen LogP contribution in [-0.4, -0.2) is 50.6 Å². The molecule has 1 atom stereocenters. The van der Waals surface area contributed by atoms with Gasteiger partial charge in [-0.2, -0.15) is 0 Å². The highest BCUT2D eigenvalue weighted by Gasteiger charge is 2.26. The van der Waals surface area contributed by atoms with E-state index in [1.165, 1.54) is 7.11 Å². The van der Waals surface area contributed by atoms with E-state index < -0.39 is 11.9 Å². The number of allylic oxidation sites excluding steroid dienone is 2. The predicted octanol–water partition coefficient (Wildman–Crippen LogP) is 1.18. The van der Waals surface area contributed by atoms with E-state index in [1.54, 1.807) is 0 Å². The lowest BCUT2D eigenvalue weighted by Gasteiger charge is -2.15. The Hall–Kier alpha value is -1.89. The highest BCUT2D eigenvalue weighted by molar-refractivity contribution is 6.39. The minimum absolute atomic E-state index is 0.175. The Morgan fingerprint density at radius 2 is 2.04 bits per heavy atom. The smallest absolute Gasteiger partial charge is 0.325 e. The number of ether oxygens (including phenoxy) is 2. The monoisotopic (exact) mass is 324 g/mol. The molecule has 23 heavy (non-hydrogen) atoms. The van der Waals surface area contributed by atoms with Gasteiger partial charge < -0.3 is 19.6 Å². The molecule has 1 aliphatic carbocycles. The summed E-state index contributed by atoms with van der Waals surface area (Å²) in [5, 5.41) is 6.20. The number of amides is 1. The second kappa shape index (κ2) is 9.29. The van der Waals surface area contributed by atoms with Crippen molar-refractivity contribution in [1.29, 1.82) is 0 Å². The van der Waals surface area contributed by atoms with Gasteiger partial charge in [0.2, 0.25) is 0 Å². The lowest BCUT2D eigenvalue weighted by atomic mass is 10.0. The number of carbonyl (C=O) groups is 2. The minimum Gasteiger partial charge on any atom is -0.468 e. The second-order valence-corrected chi connectivity index (χ2v) is 5.76. The highest BCUT2D eigenvalue weighted by atomic mass is 16.7. The SMILES string of the molecule is COC(=O)CNC(=O)C1=NOC(COCC2CCC=CCC2)C1. The van der Waals surface area contributed by atoms with Gasteiger partial charge >= 0.3 is 5.97 Å². The summed E-state index contributed by atoms with van der Waals surface area (Å²) in [5.74, 6) is -0.335. The summed E-state index contributed by atoms with van der Waals surface area (Å²) in [6.45, 7) is 0.956. The van der Waals surface area contributed by atoms with Crippen LogP contribution >= 0.6 is 0 Å². The number of rotatable bonds is 7. The molecule has 0 saturated heterocycles. The number of esters is 1. The van der Waals surface area contributed by atoms with Crippen LogP contribution in [0.5, 0.6) is 0 Å². The molecule has 128 valence electrons. The van der Waals surface area contributed by atoms with Crippen LogP contribution in [0.4, 0.5) is 0 Å². The van der Waals surface area contributed by atoms with E-state index in [4.69, 9.17) is 9.57 Å². The number of methoxy groups -OCH3 is 1. The summed E-state index contributed by atoms with van der Waals surface area (Å²) in [6, 6.07) is 0. The van der Waals surface area contributed by atoms with Crippen LogP contribution in [0.15, 0.2) is 17.3 Å². The molecule has 0 radical (unpaired) electrons. The lowest BCUT2D eigenvalue weighted by molar-refractivity contribution is -0.140. The van der Waals surface area contributed by atoms with Crippen molar-refractivity contribution in [3.63, 3.8) is 0 Å². The Morgan fingerprint density at radius 1 is 1.30 bits per heavy atom. The van der Waals surface area contributed by atoms with E-state index in [2.05, 4.69) is 27.4 Å². The number of hydrogen-bond acceptors (Lipinski definition) is 6. The van der Waals surface area contributed by atoms with Gasteiger partial charge in [-0.3, -0.25) is 9.59 Å². The molecule has 2 rings (SSSR count). The fourth-order valence-electron chi connectivity index (χ4n) is 2.56. The molecular weight excluding hydrogens is 300 g/mol. The largest absolute Gasteiger partial charge is 0.468 e. The molecule has 0 bridgehead atoms. The van der Waals surface area contributed by atoms with Gasteiger partial charge in [-0.15, -0.1) is 0 Å². The quantitative estimate of drug-likeness (QED) is 0.561. The van der Waals surface area contributed by atoms with Gasteiger partial charge in [-0.25, -0.2) is 0 Å². The number of nitrogens with zero attached hydrogens (tertiary/aromatic N) is 1. The predicted molar refractivity (Wildman–Crippen MR) is 83.9 cm³/mol. The zero-order valence-corrected chi connectivity index (χ0v) is 13.5. The molecule has 0 saturated carbocycles. The third kappa shape index (κ3) is 6.02. The summed E-state index contributed by atoms with van der Waals surface area (Å²) in [6.07, 6.45) is 9.14. The maximum atomic E-state index is 11.8. The lowest BCUT2D eigenvalue weighted by Crippen LogP contribution is -2.35. The van der Waals surface area contributed by atoms with E-state index in [9.17, 15) is 9.59 Å². The van der Waals surface area contributed by atoms with Crippen molar-refractivity contribution >= 4 is 17.6 Å². The van der Waals surface area contributed by atoms with Gasteiger partial charge in [0.1, 0.15) is 12.3 Å². The molecule has 1 unspecified atom stereocenters. The Kier molecular flexibility index (Phi) is 7.06. The van der Waals surface area contributed by atoms with Crippen molar-refractivity contribution in [2.75, 3.05) is 26.9 Å². The van der Waals surface area contributed by atoms with Crippen LogP contribution in [0.25, 0.3) is 0 Å². The molecule has 0 aromatic carbocycles. The van der Waals surface area contributed by atoms with Crippen molar-refractivity contribution in [1.82, 2.24) is 5.32 Å². The fourth-order valence-corrected chi connectivity index (χ4v) is 2.56. The van der Waals surface area contributed by atoms with Gasteiger partial charge in [-0.05, 0) is 31.6 Å². The van der Waals surface area contributed by atoms with Gasteiger partial charge in [0, 0.05) is 13.0 Å². The van der Waals surface area contributed by atoms with Crippen molar-refractivity contribution < 1.29 is 23.9 Å². The fraction of sp³-hybridized carbons (Fsp3) is 0.688. The Morgan fingerprint density at radius 3 is 2.74 bits per heavy atom. The van der Waals surface area contributed by atoms with E-state index in [-0.39, 0.29) is 18.4 Å². The third-order valence-electron chi connectivity index (χ3n) is 3.92. The summed E-state index contributed by atoms with van der Waals surface area (Å²) in [7, 11) is 1.27. The standard InChI is InChI=1S/C16H24N2O5/c1-21-15(19)9-17-16(20)14-8-13(23-18-14)11-22-10-12-6-4-2-3-5-7-12/h2-3,12-13H,4-11H2,1H3,(H,17,20). The summed E-state index contributed by atoms with van der Waals surface area (Å²) >= 11 is 0. The number of hydrogen-bond donors (Lipinski definition) is 1. The number of oxime groups is 1. The van der Waals surface area contributed by atoms with Crippen LogP contribution in [0.2, 0.25) is 0 Å². The first-order chi connectivity index (χ1) is 11.2. The van der Waals surface area contributed by atoms with Gasteiger partial charge in [0.05, 0.1) is 13.7 Å². The van der Waals surface area contributed by atoms with Gasteiger partial charge in [0.15, 0.2) is 6.10 Å². The van der Waals surface area contributed by atoms with Crippen molar-refractivity contribution in [3.05, 3.63) is 12.2 Å². The van der Waals surface area contributed by atoms with Crippen LogP contribution in [-0.2, 0) is 23.9 Å². The molecule has 1 heterocycles. The molecule has 7 heteroatoms. The summed E-state index contributed by atoms with van der Waals surface area (Å²) < 4.78 is 10.2. The average molecular weight is 324 g/mol. The van der Waals surface area contributed by atoms with E-state index >= 15 is 0 Å². The first-order valence-corrected chi connectivity index (χ1v) is 7.99. The van der Waals surface area contributed by atoms with Crippen LogP contribution < -0.4 is 5.32 Å².